The molecule has 0 saturated carbocycles. The second-order valence-electron chi connectivity index (χ2n) is 5.09. The van der Waals surface area contributed by atoms with Gasteiger partial charge in [0, 0.05) is 22.4 Å². The van der Waals surface area contributed by atoms with Gasteiger partial charge in [0.1, 0.15) is 0 Å². The van der Waals surface area contributed by atoms with E-state index in [9.17, 15) is 4.79 Å². The van der Waals surface area contributed by atoms with Gasteiger partial charge in [0.15, 0.2) is 0 Å². The van der Waals surface area contributed by atoms with Crippen LogP contribution in [0.2, 0.25) is 0 Å². The van der Waals surface area contributed by atoms with Gasteiger partial charge in [-0.2, -0.15) is 0 Å². The highest BCUT2D eigenvalue weighted by Crippen LogP contribution is 2.15. The molecule has 0 aliphatic heterocycles. The Morgan fingerprint density at radius 3 is 2.84 bits per heavy atom. The molecule has 3 N–H and O–H groups in total. The van der Waals surface area contributed by atoms with E-state index in [1.165, 1.54) is 0 Å². The highest BCUT2D eigenvalue weighted by Gasteiger charge is 2.13. The molecule has 0 spiro atoms. The fourth-order valence-corrected chi connectivity index (χ4v) is 2.12. The minimum Gasteiger partial charge on any atom is -0.395 e. The molecule has 104 valence electrons. The summed E-state index contributed by atoms with van der Waals surface area (Å²) in [6.07, 6.45) is 0.466. The minimum absolute atomic E-state index is 0.0682. The summed E-state index contributed by atoms with van der Waals surface area (Å²) in [7, 11) is 0. The summed E-state index contributed by atoms with van der Waals surface area (Å²) in [5.41, 5.74) is 0.665. The van der Waals surface area contributed by atoms with E-state index in [1.54, 1.807) is 11.3 Å². The maximum Gasteiger partial charge on any atom is 0.315 e. The van der Waals surface area contributed by atoms with Crippen LogP contribution in [0.25, 0.3) is 0 Å². The van der Waals surface area contributed by atoms with Crippen LogP contribution >= 0.6 is 11.3 Å². The number of thiophene rings is 1. The second kappa shape index (κ2) is 7.17. The standard InChI is InChI=1S/C14H20N2O2S/c1-14(2,3)16-13(18)15-10-12-11(7-9-19-12)6-4-5-8-17/h7,9,17H,5,8,10H2,1-3H3,(H2,15,16,18). The highest BCUT2D eigenvalue weighted by molar-refractivity contribution is 7.10. The Hall–Kier alpha value is -1.51. The summed E-state index contributed by atoms with van der Waals surface area (Å²) in [6.45, 7) is 6.33. The summed E-state index contributed by atoms with van der Waals surface area (Å²) in [5, 5.41) is 16.3. The molecule has 5 heteroatoms. The van der Waals surface area contributed by atoms with E-state index >= 15 is 0 Å². The van der Waals surface area contributed by atoms with Crippen molar-refractivity contribution in [1.82, 2.24) is 10.6 Å². The van der Waals surface area contributed by atoms with Crippen molar-refractivity contribution >= 4 is 17.4 Å². The Kier molecular flexibility index (Phi) is 5.87. The van der Waals surface area contributed by atoms with Crippen LogP contribution in [-0.4, -0.2) is 23.3 Å². The van der Waals surface area contributed by atoms with Gasteiger partial charge in [0.2, 0.25) is 0 Å². The van der Waals surface area contributed by atoms with Crippen LogP contribution in [0.4, 0.5) is 4.79 Å². The predicted octanol–water partition coefficient (Wildman–Crippen LogP) is 2.08. The van der Waals surface area contributed by atoms with Crippen LogP contribution in [0.5, 0.6) is 0 Å². The zero-order valence-electron chi connectivity index (χ0n) is 11.5. The van der Waals surface area contributed by atoms with Crippen LogP contribution in [0, 0.1) is 11.8 Å². The van der Waals surface area contributed by atoms with Crippen molar-refractivity contribution in [3.8, 4) is 11.8 Å². The van der Waals surface area contributed by atoms with Crippen LogP contribution in [0.15, 0.2) is 11.4 Å². The highest BCUT2D eigenvalue weighted by atomic mass is 32.1. The fourth-order valence-electron chi connectivity index (χ4n) is 1.35. The molecule has 0 fully saturated rings. The Morgan fingerprint density at radius 1 is 1.47 bits per heavy atom. The molecule has 0 bridgehead atoms. The first kappa shape index (κ1) is 15.5. The van der Waals surface area contributed by atoms with E-state index in [-0.39, 0.29) is 18.2 Å². The van der Waals surface area contributed by atoms with Gasteiger partial charge in [-0.05, 0) is 32.2 Å². The molecular formula is C14H20N2O2S. The van der Waals surface area contributed by atoms with Crippen molar-refractivity contribution in [3.63, 3.8) is 0 Å². The van der Waals surface area contributed by atoms with E-state index in [0.717, 1.165) is 10.4 Å². The van der Waals surface area contributed by atoms with Crippen molar-refractivity contribution < 1.29 is 9.90 Å². The maximum atomic E-state index is 11.6. The number of aliphatic hydroxyl groups is 1. The van der Waals surface area contributed by atoms with Gasteiger partial charge in [0.25, 0.3) is 0 Å². The molecule has 1 aromatic heterocycles. The summed E-state index contributed by atoms with van der Waals surface area (Å²) >= 11 is 1.56. The topological polar surface area (TPSA) is 61.4 Å². The lowest BCUT2D eigenvalue weighted by Crippen LogP contribution is -2.46. The Labute approximate surface area is 118 Å². The maximum absolute atomic E-state index is 11.6. The summed E-state index contributed by atoms with van der Waals surface area (Å²) in [5.74, 6) is 5.88. The van der Waals surface area contributed by atoms with E-state index < -0.39 is 0 Å². The SMILES string of the molecule is CC(C)(C)NC(=O)NCc1sccc1C#CCCO. The van der Waals surface area contributed by atoms with Gasteiger partial charge in [-0.25, -0.2) is 4.79 Å². The summed E-state index contributed by atoms with van der Waals surface area (Å²) < 4.78 is 0. The summed E-state index contributed by atoms with van der Waals surface area (Å²) in [6, 6.07) is 1.74. The van der Waals surface area contributed by atoms with Crippen molar-refractivity contribution in [1.29, 1.82) is 0 Å². The van der Waals surface area contributed by atoms with Gasteiger partial charge >= 0.3 is 6.03 Å². The lowest BCUT2D eigenvalue weighted by molar-refractivity contribution is 0.231. The number of aliphatic hydroxyl groups excluding tert-OH is 1. The number of hydrogen-bond donors (Lipinski definition) is 3. The van der Waals surface area contributed by atoms with Crippen molar-refractivity contribution in [2.24, 2.45) is 0 Å². The van der Waals surface area contributed by atoms with Crippen LogP contribution in [0.1, 0.15) is 37.6 Å². The zero-order valence-corrected chi connectivity index (χ0v) is 12.4. The van der Waals surface area contributed by atoms with Crippen LogP contribution in [0.3, 0.4) is 0 Å². The largest absolute Gasteiger partial charge is 0.395 e. The first-order valence-corrected chi connectivity index (χ1v) is 7.02. The zero-order chi connectivity index (χ0) is 14.3. The number of amides is 2. The molecule has 2 amide bonds. The molecule has 0 atom stereocenters. The fraction of sp³-hybridized carbons (Fsp3) is 0.500. The van der Waals surface area contributed by atoms with E-state index in [2.05, 4.69) is 22.5 Å². The monoisotopic (exact) mass is 280 g/mol. The molecule has 1 heterocycles. The molecule has 1 aromatic rings. The van der Waals surface area contributed by atoms with Gasteiger partial charge in [-0.1, -0.05) is 11.8 Å². The number of rotatable bonds is 3. The smallest absolute Gasteiger partial charge is 0.315 e. The van der Waals surface area contributed by atoms with Gasteiger partial charge in [0.05, 0.1) is 13.2 Å². The Bertz CT molecular complexity index is 478. The summed E-state index contributed by atoms with van der Waals surface area (Å²) in [4.78, 5) is 12.7. The van der Waals surface area contributed by atoms with Gasteiger partial charge in [-0.3, -0.25) is 0 Å². The van der Waals surface area contributed by atoms with Gasteiger partial charge < -0.3 is 15.7 Å². The Balaban J connectivity index is 2.53. The molecule has 0 aliphatic rings. The molecule has 19 heavy (non-hydrogen) atoms. The normalized spacial score (nSPS) is 10.5. The first-order valence-electron chi connectivity index (χ1n) is 6.14. The molecule has 0 unspecified atom stereocenters. The van der Waals surface area contributed by atoms with Crippen LogP contribution < -0.4 is 10.6 Å². The number of carbonyl (C=O) groups excluding carboxylic acids is 1. The molecule has 1 rings (SSSR count). The first-order chi connectivity index (χ1) is 8.92. The van der Waals surface area contributed by atoms with E-state index in [1.807, 2.05) is 32.2 Å². The average molecular weight is 280 g/mol. The lowest BCUT2D eigenvalue weighted by Gasteiger charge is -2.20. The van der Waals surface area contributed by atoms with Gasteiger partial charge in [-0.15, -0.1) is 11.3 Å². The Morgan fingerprint density at radius 2 is 2.21 bits per heavy atom. The van der Waals surface area contributed by atoms with Crippen LogP contribution in [-0.2, 0) is 6.54 Å². The predicted molar refractivity (Wildman–Crippen MR) is 78.0 cm³/mol. The van der Waals surface area contributed by atoms with Crippen molar-refractivity contribution in [2.45, 2.75) is 39.3 Å². The van der Waals surface area contributed by atoms with E-state index in [0.29, 0.717) is 13.0 Å². The molecular weight excluding hydrogens is 260 g/mol. The average Bonchev–Trinajstić information content (AvgIpc) is 2.72. The molecule has 0 radical (unpaired) electrons. The number of carbonyl (C=O) groups is 1. The van der Waals surface area contributed by atoms with Crippen molar-refractivity contribution in [3.05, 3.63) is 21.9 Å². The molecule has 0 saturated heterocycles. The molecule has 4 nitrogen and oxygen atoms in total. The third-order valence-electron chi connectivity index (χ3n) is 2.10. The third-order valence-corrected chi connectivity index (χ3v) is 3.02. The minimum atomic E-state index is -0.247. The second-order valence-corrected chi connectivity index (χ2v) is 6.09. The lowest BCUT2D eigenvalue weighted by atomic mass is 10.1. The third kappa shape index (κ3) is 6.27. The number of nitrogens with one attached hydrogen (secondary N) is 2. The van der Waals surface area contributed by atoms with Crippen molar-refractivity contribution in [2.75, 3.05) is 6.61 Å². The molecule has 0 aromatic carbocycles. The number of urea groups is 1. The molecule has 0 aliphatic carbocycles. The van der Waals surface area contributed by atoms with E-state index in [4.69, 9.17) is 5.11 Å². The quantitative estimate of drug-likeness (QED) is 0.742. The number of hydrogen-bond acceptors (Lipinski definition) is 3.